The quantitative estimate of drug-likeness (QED) is 0.874. The molecule has 0 amide bonds. The van der Waals surface area contributed by atoms with Crippen LogP contribution in [0.1, 0.15) is 11.1 Å². The minimum absolute atomic E-state index is 0.236. The standard InChI is InChI=1S/C13H15FN4/c1-8-10(14)5-4-6-11(8)18-13-9(2)12(15-3)16-7-17-13/h4-7H,1-3H3,(H2,15,16,17,18). The zero-order valence-corrected chi connectivity index (χ0v) is 10.6. The highest BCUT2D eigenvalue weighted by Crippen LogP contribution is 2.25. The van der Waals surface area contributed by atoms with Gasteiger partial charge >= 0.3 is 0 Å². The van der Waals surface area contributed by atoms with Crippen molar-refractivity contribution < 1.29 is 4.39 Å². The van der Waals surface area contributed by atoms with Gasteiger partial charge in [-0.2, -0.15) is 0 Å². The molecule has 0 radical (unpaired) electrons. The lowest BCUT2D eigenvalue weighted by atomic mass is 10.2. The molecule has 2 aromatic rings. The summed E-state index contributed by atoms with van der Waals surface area (Å²) in [4.78, 5) is 8.27. The topological polar surface area (TPSA) is 49.8 Å². The fraction of sp³-hybridized carbons (Fsp3) is 0.231. The average Bonchev–Trinajstić information content (AvgIpc) is 2.37. The van der Waals surface area contributed by atoms with Gasteiger partial charge in [0, 0.05) is 23.9 Å². The van der Waals surface area contributed by atoms with E-state index in [4.69, 9.17) is 0 Å². The minimum Gasteiger partial charge on any atom is -0.373 e. The summed E-state index contributed by atoms with van der Waals surface area (Å²) in [7, 11) is 1.80. The second kappa shape index (κ2) is 5.00. The maximum absolute atomic E-state index is 13.4. The molecule has 1 aromatic heterocycles. The van der Waals surface area contributed by atoms with E-state index in [1.54, 1.807) is 20.0 Å². The molecule has 2 rings (SSSR count). The molecule has 18 heavy (non-hydrogen) atoms. The van der Waals surface area contributed by atoms with Gasteiger partial charge < -0.3 is 10.6 Å². The smallest absolute Gasteiger partial charge is 0.138 e. The van der Waals surface area contributed by atoms with Crippen LogP contribution in [0, 0.1) is 19.7 Å². The van der Waals surface area contributed by atoms with Gasteiger partial charge in [0.05, 0.1) is 0 Å². The van der Waals surface area contributed by atoms with Crippen LogP contribution in [0.5, 0.6) is 0 Å². The molecule has 0 bridgehead atoms. The number of rotatable bonds is 3. The lowest BCUT2D eigenvalue weighted by Gasteiger charge is -2.13. The molecule has 0 spiro atoms. The largest absolute Gasteiger partial charge is 0.373 e. The van der Waals surface area contributed by atoms with Crippen LogP contribution < -0.4 is 10.6 Å². The van der Waals surface area contributed by atoms with Gasteiger partial charge in [-0.1, -0.05) is 6.07 Å². The van der Waals surface area contributed by atoms with Gasteiger partial charge in [-0.3, -0.25) is 0 Å². The first-order valence-electron chi connectivity index (χ1n) is 5.65. The Labute approximate surface area is 105 Å². The monoisotopic (exact) mass is 246 g/mol. The van der Waals surface area contributed by atoms with Gasteiger partial charge in [-0.25, -0.2) is 14.4 Å². The van der Waals surface area contributed by atoms with E-state index in [0.29, 0.717) is 17.1 Å². The second-order valence-electron chi connectivity index (χ2n) is 3.98. The number of halogens is 1. The predicted molar refractivity (Wildman–Crippen MR) is 70.7 cm³/mol. The van der Waals surface area contributed by atoms with Crippen molar-refractivity contribution in [3.63, 3.8) is 0 Å². The molecule has 0 aliphatic heterocycles. The van der Waals surface area contributed by atoms with Crippen molar-refractivity contribution in [3.8, 4) is 0 Å². The first-order valence-corrected chi connectivity index (χ1v) is 5.65. The van der Waals surface area contributed by atoms with E-state index in [2.05, 4.69) is 20.6 Å². The second-order valence-corrected chi connectivity index (χ2v) is 3.98. The molecule has 0 aliphatic carbocycles. The van der Waals surface area contributed by atoms with E-state index in [9.17, 15) is 4.39 Å². The van der Waals surface area contributed by atoms with E-state index in [0.717, 1.165) is 11.4 Å². The van der Waals surface area contributed by atoms with Crippen molar-refractivity contribution in [1.82, 2.24) is 9.97 Å². The number of nitrogens with one attached hydrogen (secondary N) is 2. The van der Waals surface area contributed by atoms with Gasteiger partial charge in [0.15, 0.2) is 0 Å². The molecule has 4 nitrogen and oxygen atoms in total. The summed E-state index contributed by atoms with van der Waals surface area (Å²) in [6, 6.07) is 4.92. The number of anilines is 3. The summed E-state index contributed by atoms with van der Waals surface area (Å²) < 4.78 is 13.4. The van der Waals surface area contributed by atoms with Gasteiger partial charge in [0.25, 0.3) is 0 Å². The Balaban J connectivity index is 2.37. The van der Waals surface area contributed by atoms with Crippen molar-refractivity contribution in [2.24, 2.45) is 0 Å². The van der Waals surface area contributed by atoms with Crippen LogP contribution in [-0.2, 0) is 0 Å². The van der Waals surface area contributed by atoms with E-state index in [1.165, 1.54) is 12.4 Å². The maximum Gasteiger partial charge on any atom is 0.138 e. The highest BCUT2D eigenvalue weighted by atomic mass is 19.1. The SMILES string of the molecule is CNc1ncnc(Nc2cccc(F)c2C)c1C. The zero-order chi connectivity index (χ0) is 13.1. The predicted octanol–water partition coefficient (Wildman–Crippen LogP) is 3.02. The third-order valence-corrected chi connectivity index (χ3v) is 2.84. The van der Waals surface area contributed by atoms with Crippen LogP contribution >= 0.6 is 0 Å². The molecule has 1 heterocycles. The number of nitrogens with zero attached hydrogens (tertiary/aromatic N) is 2. The first-order chi connectivity index (χ1) is 8.63. The number of hydrogen-bond donors (Lipinski definition) is 2. The summed E-state index contributed by atoms with van der Waals surface area (Å²) in [5.74, 6) is 1.19. The summed E-state index contributed by atoms with van der Waals surface area (Å²) in [6.45, 7) is 3.63. The summed E-state index contributed by atoms with van der Waals surface area (Å²) in [5, 5.41) is 6.11. The van der Waals surface area contributed by atoms with Gasteiger partial charge in [-0.15, -0.1) is 0 Å². The lowest BCUT2D eigenvalue weighted by molar-refractivity contribution is 0.619. The van der Waals surface area contributed by atoms with E-state index in [-0.39, 0.29) is 5.82 Å². The Kier molecular flexibility index (Phi) is 3.41. The van der Waals surface area contributed by atoms with Crippen molar-refractivity contribution in [2.75, 3.05) is 17.7 Å². The van der Waals surface area contributed by atoms with Crippen LogP contribution in [0.15, 0.2) is 24.5 Å². The van der Waals surface area contributed by atoms with Gasteiger partial charge in [-0.05, 0) is 26.0 Å². The Morgan fingerprint density at radius 3 is 2.50 bits per heavy atom. The third-order valence-electron chi connectivity index (χ3n) is 2.84. The molecule has 0 saturated carbocycles. The van der Waals surface area contributed by atoms with Crippen LogP contribution in [0.2, 0.25) is 0 Å². The molecule has 0 fully saturated rings. The lowest BCUT2D eigenvalue weighted by Crippen LogP contribution is -2.03. The fourth-order valence-electron chi connectivity index (χ4n) is 1.70. The highest BCUT2D eigenvalue weighted by Gasteiger charge is 2.08. The average molecular weight is 246 g/mol. The molecule has 0 aliphatic rings. The van der Waals surface area contributed by atoms with Crippen molar-refractivity contribution in [3.05, 3.63) is 41.5 Å². The molecule has 94 valence electrons. The van der Waals surface area contributed by atoms with Crippen molar-refractivity contribution in [2.45, 2.75) is 13.8 Å². The van der Waals surface area contributed by atoms with Crippen molar-refractivity contribution in [1.29, 1.82) is 0 Å². The Morgan fingerprint density at radius 2 is 1.78 bits per heavy atom. The molecule has 2 N–H and O–H groups in total. The molecule has 5 heteroatoms. The summed E-state index contributed by atoms with van der Waals surface area (Å²) in [6.07, 6.45) is 1.47. The summed E-state index contributed by atoms with van der Waals surface area (Å²) >= 11 is 0. The zero-order valence-electron chi connectivity index (χ0n) is 10.6. The maximum atomic E-state index is 13.4. The van der Waals surface area contributed by atoms with Crippen LogP contribution in [0.3, 0.4) is 0 Å². The molecule has 0 saturated heterocycles. The fourth-order valence-corrected chi connectivity index (χ4v) is 1.70. The van der Waals surface area contributed by atoms with E-state index in [1.807, 2.05) is 13.0 Å². The Hall–Kier alpha value is -2.17. The third kappa shape index (κ3) is 2.25. The molecule has 0 unspecified atom stereocenters. The van der Waals surface area contributed by atoms with E-state index < -0.39 is 0 Å². The number of aromatic nitrogens is 2. The van der Waals surface area contributed by atoms with Crippen LogP contribution in [0.25, 0.3) is 0 Å². The van der Waals surface area contributed by atoms with Gasteiger partial charge in [0.2, 0.25) is 0 Å². The molecule has 1 aromatic carbocycles. The van der Waals surface area contributed by atoms with Crippen LogP contribution in [-0.4, -0.2) is 17.0 Å². The van der Waals surface area contributed by atoms with Crippen molar-refractivity contribution >= 4 is 17.3 Å². The number of hydrogen-bond acceptors (Lipinski definition) is 4. The number of benzene rings is 1. The Morgan fingerprint density at radius 1 is 1.06 bits per heavy atom. The van der Waals surface area contributed by atoms with Gasteiger partial charge in [0.1, 0.15) is 23.8 Å². The van der Waals surface area contributed by atoms with E-state index >= 15 is 0 Å². The summed E-state index contributed by atoms with van der Waals surface area (Å²) in [5.41, 5.74) is 2.17. The van der Waals surface area contributed by atoms with Crippen LogP contribution in [0.4, 0.5) is 21.7 Å². The molecular weight excluding hydrogens is 231 g/mol. The highest BCUT2D eigenvalue weighted by molar-refractivity contribution is 5.66. The molecular formula is C13H15FN4. The molecule has 0 atom stereocenters. The Bertz CT molecular complexity index is 569. The first kappa shape index (κ1) is 12.3. The normalized spacial score (nSPS) is 10.2. The minimum atomic E-state index is -0.236.